The van der Waals surface area contributed by atoms with Gasteiger partial charge in [-0.15, -0.1) is 0 Å². The number of anilines is 2. The number of nitrogens with zero attached hydrogens (tertiary/aromatic N) is 1. The van der Waals surface area contributed by atoms with Gasteiger partial charge in [0.25, 0.3) is 5.91 Å². The van der Waals surface area contributed by atoms with Crippen molar-refractivity contribution >= 4 is 35.0 Å². The lowest BCUT2D eigenvalue weighted by Crippen LogP contribution is -2.30. The molecule has 1 atom stereocenters. The molecule has 0 saturated carbocycles. The van der Waals surface area contributed by atoms with Crippen molar-refractivity contribution in [2.75, 3.05) is 11.5 Å². The number of carbonyl (C=O) groups excluding carboxylic acids is 3. The fourth-order valence-corrected chi connectivity index (χ4v) is 3.44. The largest absolute Gasteiger partial charge is 0.466 e. The molecule has 0 radical (unpaired) electrons. The van der Waals surface area contributed by atoms with Gasteiger partial charge in [0.2, 0.25) is 0 Å². The molecule has 0 fully saturated rings. The number of hydrogen-bond acceptors (Lipinski definition) is 5. The second-order valence-electron chi connectivity index (χ2n) is 7.63. The molecule has 1 unspecified atom stereocenters. The van der Waals surface area contributed by atoms with Crippen LogP contribution in [-0.4, -0.2) is 30.2 Å². The van der Waals surface area contributed by atoms with E-state index in [1.807, 2.05) is 12.1 Å². The molecular weight excluding hydrogens is 456 g/mol. The molecule has 0 aliphatic carbocycles. The second kappa shape index (κ2) is 12.5. The van der Waals surface area contributed by atoms with Gasteiger partial charge in [-0.3, -0.25) is 24.7 Å². The van der Waals surface area contributed by atoms with Gasteiger partial charge in [-0.1, -0.05) is 48.5 Å². The monoisotopic (exact) mass is 482 g/mol. The quantitative estimate of drug-likeness (QED) is 0.196. The molecule has 3 rings (SSSR count). The first-order valence-electron chi connectivity index (χ1n) is 11.3. The van der Waals surface area contributed by atoms with E-state index in [9.17, 15) is 14.4 Å². The van der Waals surface area contributed by atoms with Crippen molar-refractivity contribution < 1.29 is 19.1 Å². The van der Waals surface area contributed by atoms with E-state index in [2.05, 4.69) is 17.2 Å². The van der Waals surface area contributed by atoms with Crippen LogP contribution in [0.25, 0.3) is 0 Å². The Balaban J connectivity index is 1.83. The number of nitrogens with two attached hydrogens (primary N) is 1. The highest BCUT2D eigenvalue weighted by atomic mass is 16.5. The van der Waals surface area contributed by atoms with Crippen LogP contribution in [-0.2, 0) is 19.1 Å². The molecule has 0 aliphatic rings. The molecule has 0 aromatic heterocycles. The first-order valence-corrected chi connectivity index (χ1v) is 11.3. The van der Waals surface area contributed by atoms with E-state index in [1.165, 1.54) is 4.90 Å². The molecule has 3 aromatic carbocycles. The van der Waals surface area contributed by atoms with Gasteiger partial charge in [-0.2, -0.15) is 0 Å². The molecule has 0 bridgehead atoms. The van der Waals surface area contributed by atoms with Gasteiger partial charge >= 0.3 is 11.9 Å². The third-order valence-electron chi connectivity index (χ3n) is 5.12. The van der Waals surface area contributed by atoms with Crippen LogP contribution >= 0.6 is 0 Å². The van der Waals surface area contributed by atoms with Crippen molar-refractivity contribution in [3.05, 3.63) is 96.1 Å². The SMILES string of the molecule is CCOC(=O)CC(NC(=O)C#CC(=O)N(c1ccccc1)c1ccc(C(=N)N)cc1)c1ccccc1. The van der Waals surface area contributed by atoms with Crippen molar-refractivity contribution in [1.82, 2.24) is 5.32 Å². The van der Waals surface area contributed by atoms with E-state index in [0.717, 1.165) is 0 Å². The summed E-state index contributed by atoms with van der Waals surface area (Å²) in [6, 6.07) is 23.7. The van der Waals surface area contributed by atoms with Gasteiger partial charge < -0.3 is 15.8 Å². The summed E-state index contributed by atoms with van der Waals surface area (Å²) < 4.78 is 5.02. The molecule has 182 valence electrons. The zero-order chi connectivity index (χ0) is 25.9. The summed E-state index contributed by atoms with van der Waals surface area (Å²) in [6.07, 6.45) is -0.0716. The van der Waals surface area contributed by atoms with Crippen molar-refractivity contribution in [2.45, 2.75) is 19.4 Å². The normalized spacial score (nSPS) is 10.8. The van der Waals surface area contributed by atoms with Gasteiger partial charge in [0.1, 0.15) is 5.84 Å². The fraction of sp³-hybridized carbons (Fsp3) is 0.143. The fourth-order valence-electron chi connectivity index (χ4n) is 3.44. The van der Waals surface area contributed by atoms with Gasteiger partial charge in [-0.05, 0) is 48.9 Å². The highest BCUT2D eigenvalue weighted by Crippen LogP contribution is 2.25. The third-order valence-corrected chi connectivity index (χ3v) is 5.12. The molecule has 4 N–H and O–H groups in total. The van der Waals surface area contributed by atoms with Crippen molar-refractivity contribution in [3.63, 3.8) is 0 Å². The summed E-state index contributed by atoms with van der Waals surface area (Å²) in [5.41, 5.74) is 7.80. The first-order chi connectivity index (χ1) is 17.4. The van der Waals surface area contributed by atoms with E-state index in [0.29, 0.717) is 22.5 Å². The lowest BCUT2D eigenvalue weighted by Gasteiger charge is -2.21. The zero-order valence-electron chi connectivity index (χ0n) is 19.7. The highest BCUT2D eigenvalue weighted by Gasteiger charge is 2.20. The molecule has 2 amide bonds. The smallest absolute Gasteiger partial charge is 0.308 e. The Morgan fingerprint density at radius 1 is 0.917 bits per heavy atom. The van der Waals surface area contributed by atoms with E-state index in [1.54, 1.807) is 79.7 Å². The number of amides is 2. The van der Waals surface area contributed by atoms with Crippen LogP contribution < -0.4 is 16.0 Å². The Morgan fingerprint density at radius 3 is 2.08 bits per heavy atom. The Bertz CT molecular complexity index is 1280. The summed E-state index contributed by atoms with van der Waals surface area (Å²) in [7, 11) is 0. The first kappa shape index (κ1) is 25.7. The molecule has 3 aromatic rings. The number of hydrogen-bond donors (Lipinski definition) is 3. The standard InChI is InChI=1S/C28H26N4O4/c1-2-36-27(35)19-24(20-9-5-3-6-10-20)31-25(33)17-18-26(34)32(22-11-7-4-8-12-22)23-15-13-21(14-16-23)28(29)30/h3-16,24H,2,19H2,1H3,(H3,29,30)(H,31,33). The summed E-state index contributed by atoms with van der Waals surface area (Å²) in [5.74, 6) is 2.85. The summed E-state index contributed by atoms with van der Waals surface area (Å²) in [6.45, 7) is 1.93. The van der Waals surface area contributed by atoms with E-state index in [4.69, 9.17) is 15.9 Å². The Labute approximate surface area is 209 Å². The highest BCUT2D eigenvalue weighted by molar-refractivity contribution is 6.13. The number of nitrogen functional groups attached to an aromatic ring is 1. The number of benzene rings is 3. The van der Waals surface area contributed by atoms with Crippen molar-refractivity contribution in [2.24, 2.45) is 5.73 Å². The van der Waals surface area contributed by atoms with Crippen LogP contribution in [0, 0.1) is 17.3 Å². The summed E-state index contributed by atoms with van der Waals surface area (Å²) >= 11 is 0. The molecule has 0 saturated heterocycles. The Kier molecular flexibility index (Phi) is 8.95. The van der Waals surface area contributed by atoms with Gasteiger partial charge in [0.05, 0.1) is 19.1 Å². The van der Waals surface area contributed by atoms with E-state index < -0.39 is 23.8 Å². The number of nitrogens with one attached hydrogen (secondary N) is 2. The lowest BCUT2D eigenvalue weighted by atomic mass is 10.0. The summed E-state index contributed by atoms with van der Waals surface area (Å²) in [4.78, 5) is 39.2. The van der Waals surface area contributed by atoms with E-state index >= 15 is 0 Å². The summed E-state index contributed by atoms with van der Waals surface area (Å²) in [5, 5.41) is 10.3. The number of ether oxygens (including phenoxy) is 1. The number of amidine groups is 1. The van der Waals surface area contributed by atoms with Crippen LogP contribution in [0.2, 0.25) is 0 Å². The predicted molar refractivity (Wildman–Crippen MR) is 137 cm³/mol. The van der Waals surface area contributed by atoms with Crippen LogP contribution in [0.1, 0.15) is 30.5 Å². The number of para-hydroxylation sites is 1. The van der Waals surface area contributed by atoms with E-state index in [-0.39, 0.29) is 18.9 Å². The van der Waals surface area contributed by atoms with Gasteiger partial charge in [0, 0.05) is 28.8 Å². The molecule has 0 aliphatic heterocycles. The number of esters is 1. The van der Waals surface area contributed by atoms with Gasteiger partial charge in [-0.25, -0.2) is 0 Å². The maximum absolute atomic E-state index is 13.1. The molecular formula is C28H26N4O4. The van der Waals surface area contributed by atoms with Crippen molar-refractivity contribution in [3.8, 4) is 11.8 Å². The average Bonchev–Trinajstić information content (AvgIpc) is 2.89. The van der Waals surface area contributed by atoms with Crippen LogP contribution in [0.3, 0.4) is 0 Å². The minimum atomic E-state index is -0.707. The maximum Gasteiger partial charge on any atom is 0.308 e. The number of carbonyl (C=O) groups is 3. The lowest BCUT2D eigenvalue weighted by molar-refractivity contribution is -0.143. The molecule has 8 nitrogen and oxygen atoms in total. The third kappa shape index (κ3) is 7.05. The topological polar surface area (TPSA) is 126 Å². The van der Waals surface area contributed by atoms with Crippen LogP contribution in [0.4, 0.5) is 11.4 Å². The maximum atomic E-state index is 13.1. The Hall–Kier alpha value is -4.90. The van der Waals surface area contributed by atoms with Crippen LogP contribution in [0.15, 0.2) is 84.9 Å². The minimum Gasteiger partial charge on any atom is -0.466 e. The number of rotatable bonds is 8. The second-order valence-corrected chi connectivity index (χ2v) is 7.63. The molecule has 36 heavy (non-hydrogen) atoms. The van der Waals surface area contributed by atoms with Crippen molar-refractivity contribution in [1.29, 1.82) is 5.41 Å². The predicted octanol–water partition coefficient (Wildman–Crippen LogP) is 3.45. The molecule has 0 spiro atoms. The zero-order valence-corrected chi connectivity index (χ0v) is 19.7. The average molecular weight is 483 g/mol. The van der Waals surface area contributed by atoms with Gasteiger partial charge in [0.15, 0.2) is 0 Å². The minimum absolute atomic E-state index is 0.0716. The molecule has 8 heteroatoms. The van der Waals surface area contributed by atoms with Crippen LogP contribution in [0.5, 0.6) is 0 Å². The Morgan fingerprint density at radius 2 is 1.50 bits per heavy atom. The molecule has 0 heterocycles.